The van der Waals surface area contributed by atoms with Gasteiger partial charge in [0.25, 0.3) is 10.9 Å². The van der Waals surface area contributed by atoms with Crippen molar-refractivity contribution in [1.29, 1.82) is 0 Å². The summed E-state index contributed by atoms with van der Waals surface area (Å²) in [5, 5.41) is 3.07. The Morgan fingerprint density at radius 1 is 1.04 bits per heavy atom. The van der Waals surface area contributed by atoms with Gasteiger partial charge in [-0.3, -0.25) is 14.4 Å². The van der Waals surface area contributed by atoms with Crippen LogP contribution in [0.2, 0.25) is 0 Å². The minimum Gasteiger partial charge on any atom is -0.454 e. The SMILES string of the molecule is O=CN1CCN(c2c(NCc3ccc4c(c3)OCO4)c(=O)c2=O)CC1. The molecular formula is C17H17N3O5. The van der Waals surface area contributed by atoms with Crippen LogP contribution >= 0.6 is 0 Å². The van der Waals surface area contributed by atoms with E-state index in [0.29, 0.717) is 55.6 Å². The van der Waals surface area contributed by atoms with Gasteiger partial charge in [-0.15, -0.1) is 0 Å². The van der Waals surface area contributed by atoms with E-state index in [1.165, 1.54) is 0 Å². The molecule has 4 rings (SSSR count). The monoisotopic (exact) mass is 343 g/mol. The molecule has 1 saturated heterocycles. The van der Waals surface area contributed by atoms with Gasteiger partial charge in [-0.05, 0) is 17.7 Å². The molecule has 2 aliphatic heterocycles. The molecule has 0 bridgehead atoms. The highest BCUT2D eigenvalue weighted by molar-refractivity contribution is 5.75. The van der Waals surface area contributed by atoms with Crippen molar-refractivity contribution in [3.05, 3.63) is 44.2 Å². The van der Waals surface area contributed by atoms with Gasteiger partial charge in [0.2, 0.25) is 13.2 Å². The normalized spacial score (nSPS) is 16.3. The molecule has 2 aromatic rings. The van der Waals surface area contributed by atoms with Crippen molar-refractivity contribution in [1.82, 2.24) is 4.90 Å². The number of carbonyl (C=O) groups excluding carboxylic acids is 1. The summed E-state index contributed by atoms with van der Waals surface area (Å²) in [6, 6.07) is 5.55. The molecule has 0 atom stereocenters. The molecule has 0 aromatic heterocycles. The number of hydrogen-bond donors (Lipinski definition) is 1. The number of fused-ring (bicyclic) bond motifs is 1. The molecule has 0 spiro atoms. The van der Waals surface area contributed by atoms with Gasteiger partial charge in [0.05, 0.1) is 0 Å². The fourth-order valence-electron chi connectivity index (χ4n) is 3.14. The van der Waals surface area contributed by atoms with Crippen LogP contribution in [-0.2, 0) is 11.3 Å². The van der Waals surface area contributed by atoms with E-state index < -0.39 is 10.9 Å². The number of nitrogens with zero attached hydrogens (tertiary/aromatic N) is 2. The number of amides is 1. The van der Waals surface area contributed by atoms with Crippen LogP contribution in [0.15, 0.2) is 27.8 Å². The van der Waals surface area contributed by atoms with Gasteiger partial charge in [-0.1, -0.05) is 6.07 Å². The van der Waals surface area contributed by atoms with E-state index in [2.05, 4.69) is 5.32 Å². The summed E-state index contributed by atoms with van der Waals surface area (Å²) in [4.78, 5) is 38.2. The van der Waals surface area contributed by atoms with Crippen molar-refractivity contribution < 1.29 is 14.3 Å². The first-order valence-corrected chi connectivity index (χ1v) is 8.07. The van der Waals surface area contributed by atoms with E-state index in [0.717, 1.165) is 12.0 Å². The number of benzene rings is 1. The lowest BCUT2D eigenvalue weighted by Gasteiger charge is -2.35. The maximum atomic E-state index is 12.0. The molecule has 25 heavy (non-hydrogen) atoms. The fourth-order valence-corrected chi connectivity index (χ4v) is 3.14. The third kappa shape index (κ3) is 2.69. The summed E-state index contributed by atoms with van der Waals surface area (Å²) < 4.78 is 10.6. The first kappa shape index (κ1) is 15.5. The van der Waals surface area contributed by atoms with E-state index in [-0.39, 0.29) is 6.79 Å². The number of nitrogens with one attached hydrogen (secondary N) is 1. The largest absolute Gasteiger partial charge is 0.454 e. The predicted octanol–water partition coefficient (Wildman–Crippen LogP) is -0.0982. The minimum absolute atomic E-state index is 0.210. The first-order chi connectivity index (χ1) is 12.2. The molecule has 0 unspecified atom stereocenters. The first-order valence-electron chi connectivity index (χ1n) is 8.07. The fraction of sp³-hybridized carbons (Fsp3) is 0.353. The lowest BCUT2D eigenvalue weighted by atomic mass is 10.1. The Morgan fingerprint density at radius 3 is 2.56 bits per heavy atom. The van der Waals surface area contributed by atoms with Crippen LogP contribution < -0.4 is 30.5 Å². The van der Waals surface area contributed by atoms with Crippen molar-refractivity contribution >= 4 is 17.8 Å². The maximum Gasteiger partial charge on any atom is 0.253 e. The number of ether oxygens (including phenoxy) is 2. The molecular weight excluding hydrogens is 326 g/mol. The number of piperazine rings is 1. The van der Waals surface area contributed by atoms with Crippen molar-refractivity contribution in [2.45, 2.75) is 6.54 Å². The molecule has 130 valence electrons. The second kappa shape index (κ2) is 6.12. The highest BCUT2D eigenvalue weighted by Gasteiger charge is 2.28. The highest BCUT2D eigenvalue weighted by Crippen LogP contribution is 2.32. The Morgan fingerprint density at radius 2 is 1.80 bits per heavy atom. The second-order valence-electron chi connectivity index (χ2n) is 6.05. The van der Waals surface area contributed by atoms with Gasteiger partial charge in [0.1, 0.15) is 11.4 Å². The summed E-state index contributed by atoms with van der Waals surface area (Å²) in [6.45, 7) is 2.79. The lowest BCUT2D eigenvalue weighted by molar-refractivity contribution is -0.118. The van der Waals surface area contributed by atoms with Gasteiger partial charge >= 0.3 is 0 Å². The van der Waals surface area contributed by atoms with Gasteiger partial charge in [-0.25, -0.2) is 0 Å². The van der Waals surface area contributed by atoms with Crippen LogP contribution in [0.4, 0.5) is 11.4 Å². The van der Waals surface area contributed by atoms with E-state index in [1.54, 1.807) is 4.90 Å². The van der Waals surface area contributed by atoms with Crippen LogP contribution in [-0.4, -0.2) is 44.3 Å². The molecule has 1 N–H and O–H groups in total. The maximum absolute atomic E-state index is 12.0. The Labute approximate surface area is 143 Å². The van der Waals surface area contributed by atoms with Crippen molar-refractivity contribution in [2.75, 3.05) is 43.2 Å². The predicted molar refractivity (Wildman–Crippen MR) is 91.1 cm³/mol. The Hall–Kier alpha value is -3.03. The standard InChI is InChI=1S/C17H17N3O5/c21-9-19-3-5-20(6-4-19)15-14(16(22)17(15)23)18-8-11-1-2-12-13(7-11)25-10-24-12/h1-2,7,9,18H,3-6,8,10H2. The third-order valence-electron chi connectivity index (χ3n) is 4.57. The lowest BCUT2D eigenvalue weighted by Crippen LogP contribution is -2.51. The Kier molecular flexibility index (Phi) is 3.79. The van der Waals surface area contributed by atoms with Crippen molar-refractivity contribution in [2.24, 2.45) is 0 Å². The second-order valence-corrected chi connectivity index (χ2v) is 6.05. The summed E-state index contributed by atoms with van der Waals surface area (Å²) in [5.41, 5.74) is 0.744. The van der Waals surface area contributed by atoms with Crippen LogP contribution in [0.5, 0.6) is 11.5 Å². The van der Waals surface area contributed by atoms with Gasteiger partial charge in [0, 0.05) is 32.7 Å². The van der Waals surface area contributed by atoms with E-state index in [4.69, 9.17) is 9.47 Å². The van der Waals surface area contributed by atoms with Crippen LogP contribution in [0, 0.1) is 0 Å². The molecule has 0 saturated carbocycles. The van der Waals surface area contributed by atoms with Gasteiger partial charge in [-0.2, -0.15) is 0 Å². The van der Waals surface area contributed by atoms with E-state index in [1.807, 2.05) is 23.1 Å². The average molecular weight is 343 g/mol. The number of carbonyl (C=O) groups is 1. The summed E-state index contributed by atoms with van der Waals surface area (Å²) in [5.74, 6) is 1.38. The Balaban J connectivity index is 1.47. The third-order valence-corrected chi connectivity index (χ3v) is 4.57. The zero-order valence-electron chi connectivity index (χ0n) is 13.5. The van der Waals surface area contributed by atoms with E-state index >= 15 is 0 Å². The zero-order valence-corrected chi connectivity index (χ0v) is 13.5. The molecule has 0 radical (unpaired) electrons. The molecule has 1 fully saturated rings. The minimum atomic E-state index is -0.492. The highest BCUT2D eigenvalue weighted by atomic mass is 16.7. The van der Waals surface area contributed by atoms with Crippen LogP contribution in [0.25, 0.3) is 0 Å². The molecule has 2 aromatic carbocycles. The number of anilines is 2. The van der Waals surface area contributed by atoms with Gasteiger partial charge < -0.3 is 24.6 Å². The number of rotatable bonds is 5. The molecule has 8 nitrogen and oxygen atoms in total. The van der Waals surface area contributed by atoms with Crippen LogP contribution in [0.3, 0.4) is 0 Å². The molecule has 0 aliphatic carbocycles. The van der Waals surface area contributed by atoms with Crippen molar-refractivity contribution in [3.63, 3.8) is 0 Å². The van der Waals surface area contributed by atoms with E-state index in [9.17, 15) is 14.4 Å². The smallest absolute Gasteiger partial charge is 0.253 e. The quantitative estimate of drug-likeness (QED) is 0.599. The average Bonchev–Trinajstić information content (AvgIpc) is 3.12. The molecule has 8 heteroatoms. The summed E-state index contributed by atoms with van der Waals surface area (Å²) >= 11 is 0. The molecule has 2 aliphatic rings. The summed E-state index contributed by atoms with van der Waals surface area (Å²) in [6.07, 6.45) is 0.804. The summed E-state index contributed by atoms with van der Waals surface area (Å²) in [7, 11) is 0. The van der Waals surface area contributed by atoms with Gasteiger partial charge in [0.15, 0.2) is 11.5 Å². The van der Waals surface area contributed by atoms with Crippen molar-refractivity contribution in [3.8, 4) is 11.5 Å². The topological polar surface area (TPSA) is 88.2 Å². The van der Waals surface area contributed by atoms with Crippen LogP contribution in [0.1, 0.15) is 5.56 Å². The molecule has 2 heterocycles. The number of hydrogen-bond acceptors (Lipinski definition) is 7. The Bertz CT molecular complexity index is 879. The zero-order chi connectivity index (χ0) is 17.4. The molecule has 1 amide bonds.